The van der Waals surface area contributed by atoms with Crippen LogP contribution in [0.1, 0.15) is 34.1 Å². The van der Waals surface area contributed by atoms with Crippen molar-refractivity contribution in [2.75, 3.05) is 34.3 Å². The van der Waals surface area contributed by atoms with Gasteiger partial charge in [0.15, 0.2) is 0 Å². The summed E-state index contributed by atoms with van der Waals surface area (Å²) in [6.45, 7) is 1.11. The van der Waals surface area contributed by atoms with E-state index in [9.17, 15) is 9.59 Å². The molecule has 1 N–H and O–H groups in total. The summed E-state index contributed by atoms with van der Waals surface area (Å²) in [5, 5.41) is 4.94. The highest BCUT2D eigenvalue weighted by molar-refractivity contribution is 7.12. The third kappa shape index (κ3) is 4.54. The highest BCUT2D eigenvalue weighted by atomic mass is 32.1. The number of nitrogens with one attached hydrogen (secondary N) is 1. The molecule has 150 valence electrons. The summed E-state index contributed by atoms with van der Waals surface area (Å²) in [6.07, 6.45) is 1.56. The van der Waals surface area contributed by atoms with E-state index in [-0.39, 0.29) is 17.9 Å². The smallest absolute Gasteiger partial charge is 0.264 e. The Labute approximate surface area is 170 Å². The monoisotopic (exact) mass is 401 g/mol. The first-order chi connectivity index (χ1) is 13.5. The van der Waals surface area contributed by atoms with E-state index >= 15 is 0 Å². The van der Waals surface area contributed by atoms with Crippen molar-refractivity contribution in [3.05, 3.63) is 52.2 Å². The van der Waals surface area contributed by atoms with E-state index in [2.05, 4.69) is 10.2 Å². The van der Waals surface area contributed by atoms with Crippen molar-refractivity contribution in [1.29, 1.82) is 0 Å². The van der Waals surface area contributed by atoms with Crippen LogP contribution in [0.5, 0.6) is 5.75 Å². The minimum atomic E-state index is -0.395. The Balaban J connectivity index is 1.64. The molecule has 0 radical (unpaired) electrons. The molecular weight excluding hydrogens is 374 g/mol. The van der Waals surface area contributed by atoms with Gasteiger partial charge in [-0.3, -0.25) is 9.59 Å². The molecule has 0 bridgehead atoms. The first-order valence-electron chi connectivity index (χ1n) is 9.44. The lowest BCUT2D eigenvalue weighted by molar-refractivity contribution is -0.125. The lowest BCUT2D eigenvalue weighted by Crippen LogP contribution is -2.47. The van der Waals surface area contributed by atoms with E-state index in [1.807, 2.05) is 55.9 Å². The lowest BCUT2D eigenvalue weighted by Gasteiger charge is -2.28. The zero-order chi connectivity index (χ0) is 20.1. The van der Waals surface area contributed by atoms with E-state index in [4.69, 9.17) is 4.74 Å². The van der Waals surface area contributed by atoms with Gasteiger partial charge in [0.1, 0.15) is 11.8 Å². The number of carbonyl (C=O) groups is 2. The molecular formula is C21H27N3O3S. The average molecular weight is 402 g/mol. The number of hydrogen-bond acceptors (Lipinski definition) is 5. The number of nitrogens with zero attached hydrogens (tertiary/aromatic N) is 2. The second kappa shape index (κ2) is 9.21. The summed E-state index contributed by atoms with van der Waals surface area (Å²) >= 11 is 1.41. The molecule has 7 heteroatoms. The summed E-state index contributed by atoms with van der Waals surface area (Å²) in [5.41, 5.74) is 1.10. The molecule has 0 saturated carbocycles. The van der Waals surface area contributed by atoms with Crippen molar-refractivity contribution in [2.24, 2.45) is 0 Å². The first kappa shape index (κ1) is 20.4. The molecule has 28 heavy (non-hydrogen) atoms. The topological polar surface area (TPSA) is 61.9 Å². The molecule has 2 aromatic rings. The Morgan fingerprint density at radius 1 is 1.29 bits per heavy atom. The van der Waals surface area contributed by atoms with Crippen LogP contribution in [0.2, 0.25) is 0 Å². The van der Waals surface area contributed by atoms with Crippen LogP contribution in [0.15, 0.2) is 41.8 Å². The second-order valence-corrected chi connectivity index (χ2v) is 8.08. The predicted octanol–water partition coefficient (Wildman–Crippen LogP) is 2.78. The predicted molar refractivity (Wildman–Crippen MR) is 111 cm³/mol. The van der Waals surface area contributed by atoms with E-state index < -0.39 is 6.04 Å². The van der Waals surface area contributed by atoms with Crippen LogP contribution in [0, 0.1) is 0 Å². The molecule has 1 fully saturated rings. The number of benzene rings is 1. The molecule has 2 heterocycles. The SMILES string of the molecule is COc1ccc(C(CNC(=O)C2CCCN2C(=O)c2cccs2)N(C)C)cc1. The Kier molecular flexibility index (Phi) is 6.70. The van der Waals surface area contributed by atoms with Gasteiger partial charge < -0.3 is 19.9 Å². The number of methoxy groups -OCH3 is 1. The highest BCUT2D eigenvalue weighted by Gasteiger charge is 2.35. The summed E-state index contributed by atoms with van der Waals surface area (Å²) in [4.78, 5) is 30.0. The number of thiophene rings is 1. The third-order valence-electron chi connectivity index (χ3n) is 5.14. The van der Waals surface area contributed by atoms with Gasteiger partial charge in [0.2, 0.25) is 5.91 Å². The summed E-state index contributed by atoms with van der Waals surface area (Å²) < 4.78 is 5.22. The average Bonchev–Trinajstić information content (AvgIpc) is 3.39. The summed E-state index contributed by atoms with van der Waals surface area (Å²) in [7, 11) is 5.62. The van der Waals surface area contributed by atoms with E-state index in [0.717, 1.165) is 17.7 Å². The van der Waals surface area contributed by atoms with Crippen LogP contribution in [0.25, 0.3) is 0 Å². The van der Waals surface area contributed by atoms with Gasteiger partial charge in [0, 0.05) is 13.1 Å². The normalized spacial score (nSPS) is 17.6. The van der Waals surface area contributed by atoms with E-state index in [1.54, 1.807) is 12.0 Å². The van der Waals surface area contributed by atoms with Crippen molar-refractivity contribution in [3.63, 3.8) is 0 Å². The van der Waals surface area contributed by atoms with Crippen molar-refractivity contribution in [2.45, 2.75) is 24.9 Å². The molecule has 1 saturated heterocycles. The van der Waals surface area contributed by atoms with Gasteiger partial charge in [-0.15, -0.1) is 11.3 Å². The quantitative estimate of drug-likeness (QED) is 0.775. The number of likely N-dealkylation sites (tertiary alicyclic amines) is 1. The van der Waals surface area contributed by atoms with Gasteiger partial charge in [-0.25, -0.2) is 0 Å². The standard InChI is InChI=1S/C21H27N3O3S/c1-23(2)18(15-8-10-16(27-3)11-9-15)14-22-20(25)17-6-4-12-24(17)21(26)19-7-5-13-28-19/h5,7-11,13,17-18H,4,6,12,14H2,1-3H3,(H,22,25). The maximum atomic E-state index is 12.8. The van der Waals surface area contributed by atoms with Crippen molar-refractivity contribution < 1.29 is 14.3 Å². The number of ether oxygens (including phenoxy) is 1. The summed E-state index contributed by atoms with van der Waals surface area (Å²) in [6, 6.07) is 11.2. The Morgan fingerprint density at radius 3 is 2.64 bits per heavy atom. The molecule has 1 aromatic carbocycles. The largest absolute Gasteiger partial charge is 0.497 e. The molecule has 1 aromatic heterocycles. The molecule has 0 spiro atoms. The Bertz CT molecular complexity index is 790. The number of rotatable bonds is 7. The maximum Gasteiger partial charge on any atom is 0.264 e. The van der Waals surface area contributed by atoms with Gasteiger partial charge in [-0.05, 0) is 56.1 Å². The fraction of sp³-hybridized carbons (Fsp3) is 0.429. The van der Waals surface area contributed by atoms with Gasteiger partial charge in [-0.1, -0.05) is 18.2 Å². The van der Waals surface area contributed by atoms with Gasteiger partial charge in [0.05, 0.1) is 18.0 Å². The van der Waals surface area contributed by atoms with Gasteiger partial charge in [-0.2, -0.15) is 0 Å². The number of likely N-dealkylation sites (N-methyl/N-ethyl adjacent to an activating group) is 1. The first-order valence-corrected chi connectivity index (χ1v) is 10.3. The second-order valence-electron chi connectivity index (χ2n) is 7.13. The van der Waals surface area contributed by atoms with Crippen LogP contribution in [-0.2, 0) is 4.79 Å². The molecule has 1 aliphatic heterocycles. The van der Waals surface area contributed by atoms with E-state index in [1.165, 1.54) is 11.3 Å². The number of carbonyl (C=O) groups excluding carboxylic acids is 2. The summed E-state index contributed by atoms with van der Waals surface area (Å²) in [5.74, 6) is 0.675. The van der Waals surface area contributed by atoms with Gasteiger partial charge in [0.25, 0.3) is 5.91 Å². The minimum Gasteiger partial charge on any atom is -0.497 e. The van der Waals surface area contributed by atoms with Crippen LogP contribution in [0.4, 0.5) is 0 Å². The fourth-order valence-corrected chi connectivity index (χ4v) is 4.24. The van der Waals surface area contributed by atoms with Gasteiger partial charge >= 0.3 is 0 Å². The maximum absolute atomic E-state index is 12.8. The Hall–Kier alpha value is -2.38. The molecule has 0 aliphatic carbocycles. The van der Waals surface area contributed by atoms with Crippen LogP contribution in [0.3, 0.4) is 0 Å². The van der Waals surface area contributed by atoms with Crippen molar-refractivity contribution >= 4 is 23.2 Å². The zero-order valence-electron chi connectivity index (χ0n) is 16.6. The number of hydrogen-bond donors (Lipinski definition) is 1. The third-order valence-corrected chi connectivity index (χ3v) is 6.00. The molecule has 1 aliphatic rings. The number of amides is 2. The lowest BCUT2D eigenvalue weighted by atomic mass is 10.1. The highest BCUT2D eigenvalue weighted by Crippen LogP contribution is 2.24. The fourth-order valence-electron chi connectivity index (χ4n) is 3.56. The van der Waals surface area contributed by atoms with Crippen LogP contribution >= 0.6 is 11.3 Å². The molecule has 2 unspecified atom stereocenters. The van der Waals surface area contributed by atoms with Crippen LogP contribution in [-0.4, -0.2) is 62.0 Å². The minimum absolute atomic E-state index is 0.0395. The van der Waals surface area contributed by atoms with Crippen LogP contribution < -0.4 is 10.1 Å². The van der Waals surface area contributed by atoms with Crippen molar-refractivity contribution in [1.82, 2.24) is 15.1 Å². The van der Waals surface area contributed by atoms with Crippen molar-refractivity contribution in [3.8, 4) is 5.75 Å². The molecule has 2 amide bonds. The molecule has 3 rings (SSSR count). The molecule has 2 atom stereocenters. The van der Waals surface area contributed by atoms with E-state index in [0.29, 0.717) is 24.4 Å². The zero-order valence-corrected chi connectivity index (χ0v) is 17.4. The Morgan fingerprint density at radius 2 is 2.04 bits per heavy atom. The molecule has 6 nitrogen and oxygen atoms in total.